The minimum Gasteiger partial charge on any atom is -0.383 e. The highest BCUT2D eigenvalue weighted by Crippen LogP contribution is 2.49. The monoisotopic (exact) mass is 476 g/mol. The third-order valence-electron chi connectivity index (χ3n) is 8.33. The number of amides is 1. The molecule has 7 nitrogen and oxygen atoms in total. The summed E-state index contributed by atoms with van der Waals surface area (Å²) in [6, 6.07) is 9.51. The minimum absolute atomic E-state index is 0.0546. The summed E-state index contributed by atoms with van der Waals surface area (Å²) >= 11 is 0. The molecule has 0 spiro atoms. The molecule has 2 saturated carbocycles. The first kappa shape index (κ1) is 23.6. The molecular formula is C28H36N4O3. The molecule has 0 aliphatic heterocycles. The number of benzene rings is 1. The average molecular weight is 477 g/mol. The van der Waals surface area contributed by atoms with E-state index in [0.29, 0.717) is 24.8 Å². The number of hydrogen-bond donors (Lipinski definition) is 2. The van der Waals surface area contributed by atoms with Crippen molar-refractivity contribution in [3.63, 3.8) is 0 Å². The van der Waals surface area contributed by atoms with Gasteiger partial charge in [-0.3, -0.25) is 19.1 Å². The number of nitrogens with one attached hydrogen (secondary N) is 1. The number of carbonyl (C=O) groups excluding carboxylic acids is 1. The number of aromatic amines is 1. The Bertz CT molecular complexity index is 1210. The minimum atomic E-state index is -0.587. The zero-order valence-corrected chi connectivity index (χ0v) is 20.4. The number of carbonyl (C=O) groups is 1. The number of H-pyrrole nitrogens is 1. The number of allylic oxidation sites excluding steroid dienone is 1. The fourth-order valence-corrected chi connectivity index (χ4v) is 6.47. The molecule has 2 fully saturated rings. The maximum Gasteiger partial charge on any atom is 0.330 e. The van der Waals surface area contributed by atoms with Gasteiger partial charge in [0.1, 0.15) is 5.82 Å². The van der Waals surface area contributed by atoms with Gasteiger partial charge in [-0.25, -0.2) is 4.79 Å². The number of anilines is 2. The van der Waals surface area contributed by atoms with E-state index in [4.69, 9.17) is 5.73 Å². The van der Waals surface area contributed by atoms with E-state index < -0.39 is 11.2 Å². The third kappa shape index (κ3) is 5.14. The van der Waals surface area contributed by atoms with Crippen molar-refractivity contribution in [2.24, 2.45) is 17.8 Å². The van der Waals surface area contributed by atoms with Crippen LogP contribution in [0, 0.1) is 17.8 Å². The number of nitrogens with two attached hydrogens (primary N) is 1. The van der Waals surface area contributed by atoms with Gasteiger partial charge >= 0.3 is 5.69 Å². The molecule has 35 heavy (non-hydrogen) atoms. The van der Waals surface area contributed by atoms with Crippen molar-refractivity contribution in [3.8, 4) is 0 Å². The largest absolute Gasteiger partial charge is 0.383 e. The molecule has 7 heteroatoms. The number of nitrogen functional groups attached to an aromatic ring is 1. The summed E-state index contributed by atoms with van der Waals surface area (Å²) < 4.78 is 1.36. The van der Waals surface area contributed by atoms with Gasteiger partial charge in [-0.15, -0.1) is 0 Å². The smallest absolute Gasteiger partial charge is 0.330 e. The number of rotatable bonds is 8. The van der Waals surface area contributed by atoms with Gasteiger partial charge in [0.25, 0.3) is 5.56 Å². The van der Waals surface area contributed by atoms with E-state index >= 15 is 0 Å². The number of hydrogen-bond acceptors (Lipinski definition) is 4. The number of fused-ring (bicyclic) bond motifs is 2. The first-order chi connectivity index (χ1) is 17.0. The highest BCUT2D eigenvalue weighted by atomic mass is 16.2. The van der Waals surface area contributed by atoms with E-state index in [9.17, 15) is 14.4 Å². The van der Waals surface area contributed by atoms with Crippen molar-refractivity contribution in [1.82, 2.24) is 9.55 Å². The lowest BCUT2D eigenvalue weighted by Crippen LogP contribution is -2.42. The number of nitrogens with zero attached hydrogens (tertiary/aromatic N) is 2. The predicted octanol–water partition coefficient (Wildman–Crippen LogP) is 4.22. The van der Waals surface area contributed by atoms with Gasteiger partial charge in [0.2, 0.25) is 5.91 Å². The summed E-state index contributed by atoms with van der Waals surface area (Å²) in [5, 5.41) is 0. The lowest BCUT2D eigenvalue weighted by molar-refractivity contribution is -0.119. The second-order valence-electron chi connectivity index (χ2n) is 10.6. The molecule has 2 aromatic rings. The van der Waals surface area contributed by atoms with E-state index in [1.165, 1.54) is 35.8 Å². The fraction of sp³-hybridized carbons (Fsp3) is 0.536. The van der Waals surface area contributed by atoms with Crippen LogP contribution in [0.25, 0.3) is 0 Å². The summed E-state index contributed by atoms with van der Waals surface area (Å²) in [4.78, 5) is 43.5. The Kier molecular flexibility index (Phi) is 6.93. The van der Waals surface area contributed by atoms with Crippen LogP contribution in [0.3, 0.4) is 0 Å². The average Bonchev–Trinajstić information content (AvgIpc) is 3.48. The Labute approximate surface area is 206 Å². The molecular weight excluding hydrogens is 440 g/mol. The van der Waals surface area contributed by atoms with Gasteiger partial charge in [0.15, 0.2) is 5.69 Å². The first-order valence-corrected chi connectivity index (χ1v) is 13.1. The molecule has 0 saturated heterocycles. The second-order valence-corrected chi connectivity index (χ2v) is 10.6. The SMILES string of the molecule is Nc1c(N(CCC2=CCCCC2)C(=O)CC2CC3CCC2C3)c(=O)[nH]c(=O)n1Cc1ccccc1. The zero-order valence-electron chi connectivity index (χ0n) is 20.4. The van der Waals surface area contributed by atoms with Crippen LogP contribution in [0.4, 0.5) is 11.5 Å². The molecule has 1 amide bonds. The summed E-state index contributed by atoms with van der Waals surface area (Å²) in [5.41, 5.74) is 7.68. The van der Waals surface area contributed by atoms with Gasteiger partial charge in [-0.2, -0.15) is 0 Å². The summed E-state index contributed by atoms with van der Waals surface area (Å²) in [6.07, 6.45) is 12.7. The first-order valence-electron chi connectivity index (χ1n) is 13.1. The summed E-state index contributed by atoms with van der Waals surface area (Å²) in [6.45, 7) is 0.636. The summed E-state index contributed by atoms with van der Waals surface area (Å²) in [7, 11) is 0. The van der Waals surface area contributed by atoms with Gasteiger partial charge in [-0.1, -0.05) is 48.4 Å². The molecule has 1 aromatic heterocycles. The van der Waals surface area contributed by atoms with Crippen molar-refractivity contribution in [1.29, 1.82) is 0 Å². The van der Waals surface area contributed by atoms with Crippen LogP contribution in [-0.4, -0.2) is 22.0 Å². The molecule has 3 unspecified atom stereocenters. The molecule has 2 bridgehead atoms. The molecule has 3 N–H and O–H groups in total. The van der Waals surface area contributed by atoms with Gasteiger partial charge in [0.05, 0.1) is 6.54 Å². The van der Waals surface area contributed by atoms with E-state index in [0.717, 1.165) is 43.6 Å². The maximum absolute atomic E-state index is 13.7. The molecule has 3 aliphatic rings. The van der Waals surface area contributed by atoms with Gasteiger partial charge in [0, 0.05) is 13.0 Å². The molecule has 3 atom stereocenters. The van der Waals surface area contributed by atoms with Crippen LogP contribution >= 0.6 is 0 Å². The van der Waals surface area contributed by atoms with Crippen molar-refractivity contribution < 1.29 is 4.79 Å². The van der Waals surface area contributed by atoms with Crippen LogP contribution in [0.5, 0.6) is 0 Å². The Morgan fingerprint density at radius 2 is 1.94 bits per heavy atom. The Hall–Kier alpha value is -3.09. The quantitative estimate of drug-likeness (QED) is 0.557. The normalized spacial score (nSPS) is 23.3. The van der Waals surface area contributed by atoms with Gasteiger partial charge < -0.3 is 10.6 Å². The topological polar surface area (TPSA) is 101 Å². The van der Waals surface area contributed by atoms with Crippen LogP contribution in [0.1, 0.15) is 69.8 Å². The lowest BCUT2D eigenvalue weighted by Gasteiger charge is -2.28. The van der Waals surface area contributed by atoms with Crippen LogP contribution < -0.4 is 21.9 Å². The number of aromatic nitrogens is 2. The Morgan fingerprint density at radius 1 is 1.11 bits per heavy atom. The van der Waals surface area contributed by atoms with Crippen molar-refractivity contribution >= 4 is 17.4 Å². The molecule has 5 rings (SSSR count). The highest BCUT2D eigenvalue weighted by molar-refractivity contribution is 5.95. The standard InChI is InChI=1S/C28H36N4O3/c29-26-25(27(34)30-28(35)32(26)18-20-9-5-2-6-10-20)31(14-13-19-7-3-1-4-8-19)24(33)17-23-16-21-11-12-22(23)15-21/h2,5-7,9-10,21-23H,1,3-4,8,11-18,29H2,(H,30,34,35). The zero-order chi connectivity index (χ0) is 24.4. The molecule has 1 heterocycles. The van der Waals surface area contributed by atoms with E-state index in [2.05, 4.69) is 11.1 Å². The predicted molar refractivity (Wildman–Crippen MR) is 138 cm³/mol. The summed E-state index contributed by atoms with van der Waals surface area (Å²) in [5.74, 6) is 1.75. The van der Waals surface area contributed by atoms with Gasteiger partial charge in [-0.05, 0) is 74.7 Å². The van der Waals surface area contributed by atoms with Crippen LogP contribution in [0.15, 0.2) is 51.6 Å². The maximum atomic E-state index is 13.7. The molecule has 186 valence electrons. The molecule has 3 aliphatic carbocycles. The van der Waals surface area contributed by atoms with E-state index in [-0.39, 0.29) is 24.0 Å². The molecule has 1 aromatic carbocycles. The van der Waals surface area contributed by atoms with Crippen molar-refractivity contribution in [2.45, 2.75) is 70.8 Å². The van der Waals surface area contributed by atoms with E-state index in [1.807, 2.05) is 30.3 Å². The van der Waals surface area contributed by atoms with Crippen molar-refractivity contribution in [2.75, 3.05) is 17.2 Å². The fourth-order valence-electron chi connectivity index (χ4n) is 6.47. The lowest BCUT2D eigenvalue weighted by atomic mass is 9.86. The van der Waals surface area contributed by atoms with Crippen molar-refractivity contribution in [3.05, 3.63) is 68.4 Å². The second kappa shape index (κ2) is 10.3. The molecule has 0 radical (unpaired) electrons. The highest BCUT2D eigenvalue weighted by Gasteiger charge is 2.41. The van der Waals surface area contributed by atoms with E-state index in [1.54, 1.807) is 4.90 Å². The Balaban J connectivity index is 1.46. The van der Waals surface area contributed by atoms with Crippen LogP contribution in [0.2, 0.25) is 0 Å². The Morgan fingerprint density at radius 3 is 2.63 bits per heavy atom. The third-order valence-corrected chi connectivity index (χ3v) is 8.33. The van der Waals surface area contributed by atoms with Crippen LogP contribution in [-0.2, 0) is 11.3 Å².